The van der Waals surface area contributed by atoms with E-state index in [1.54, 1.807) is 13.2 Å². The van der Waals surface area contributed by atoms with Crippen molar-refractivity contribution in [1.82, 2.24) is 5.32 Å². The molecule has 120 valence electrons. The maximum atomic E-state index is 14.3. The molecule has 0 aromatic heterocycles. The maximum Gasteiger partial charge on any atom is 0.146 e. The Morgan fingerprint density at radius 1 is 1.33 bits per heavy atom. The topological polar surface area (TPSA) is 24.5 Å². The average molecular weight is 296 g/mol. The number of nitrogens with zero attached hydrogens (tertiary/aromatic N) is 1. The molecule has 0 bridgehead atoms. The number of ether oxygens (including phenoxy) is 1. The van der Waals surface area contributed by atoms with Gasteiger partial charge in [0.15, 0.2) is 0 Å². The average Bonchev–Trinajstić information content (AvgIpc) is 2.49. The van der Waals surface area contributed by atoms with Crippen LogP contribution >= 0.6 is 0 Å². The molecule has 1 N–H and O–H groups in total. The molecular formula is C17H29FN2O. The zero-order chi connectivity index (χ0) is 15.7. The summed E-state index contributed by atoms with van der Waals surface area (Å²) in [5, 5.41) is 3.23. The second-order valence-corrected chi connectivity index (χ2v) is 5.51. The van der Waals surface area contributed by atoms with Crippen molar-refractivity contribution >= 4 is 5.69 Å². The molecule has 0 spiro atoms. The van der Waals surface area contributed by atoms with Gasteiger partial charge in [-0.25, -0.2) is 4.39 Å². The number of hydrogen-bond donors (Lipinski definition) is 1. The first-order valence-corrected chi connectivity index (χ1v) is 7.85. The van der Waals surface area contributed by atoms with E-state index < -0.39 is 0 Å². The number of halogens is 1. The van der Waals surface area contributed by atoms with Crippen LogP contribution in [0.5, 0.6) is 0 Å². The van der Waals surface area contributed by atoms with Gasteiger partial charge in [0.1, 0.15) is 5.82 Å². The molecular weight excluding hydrogens is 267 g/mol. The summed E-state index contributed by atoms with van der Waals surface area (Å²) >= 11 is 0. The van der Waals surface area contributed by atoms with Crippen LogP contribution in [0.3, 0.4) is 0 Å². The van der Waals surface area contributed by atoms with Crippen molar-refractivity contribution < 1.29 is 9.13 Å². The minimum absolute atomic E-state index is 0.133. The summed E-state index contributed by atoms with van der Waals surface area (Å²) in [6.45, 7) is 10.3. The Morgan fingerprint density at radius 2 is 2.10 bits per heavy atom. The standard InChI is InChI=1S/C17H29FN2O/c1-5-14(3)13-20(6-2)17-8-7-15(11-16(17)18)12-19-9-10-21-4/h7-8,11,14,19H,5-6,9-10,12-13H2,1-4H3. The molecule has 3 nitrogen and oxygen atoms in total. The third-order valence-corrected chi connectivity index (χ3v) is 3.78. The lowest BCUT2D eigenvalue weighted by molar-refractivity contribution is 0.199. The zero-order valence-electron chi connectivity index (χ0n) is 13.8. The Kier molecular flexibility index (Phi) is 8.31. The SMILES string of the molecule is CCC(C)CN(CC)c1ccc(CNCCOC)cc1F. The number of methoxy groups -OCH3 is 1. The second-order valence-electron chi connectivity index (χ2n) is 5.51. The van der Waals surface area contributed by atoms with Crippen LogP contribution < -0.4 is 10.2 Å². The third kappa shape index (κ3) is 6.02. The summed E-state index contributed by atoms with van der Waals surface area (Å²) in [7, 11) is 1.67. The van der Waals surface area contributed by atoms with E-state index >= 15 is 0 Å². The normalized spacial score (nSPS) is 12.4. The van der Waals surface area contributed by atoms with E-state index in [2.05, 4.69) is 31.0 Å². The summed E-state index contributed by atoms with van der Waals surface area (Å²) in [5.74, 6) is 0.436. The van der Waals surface area contributed by atoms with Crippen LogP contribution in [0.25, 0.3) is 0 Å². The highest BCUT2D eigenvalue weighted by Crippen LogP contribution is 2.22. The summed E-state index contributed by atoms with van der Waals surface area (Å²) in [6.07, 6.45) is 1.11. The summed E-state index contributed by atoms with van der Waals surface area (Å²) < 4.78 is 19.3. The lowest BCUT2D eigenvalue weighted by Gasteiger charge is -2.26. The Balaban J connectivity index is 2.67. The molecule has 0 amide bonds. The zero-order valence-corrected chi connectivity index (χ0v) is 13.8. The van der Waals surface area contributed by atoms with E-state index in [9.17, 15) is 4.39 Å². The lowest BCUT2D eigenvalue weighted by atomic mass is 10.1. The van der Waals surface area contributed by atoms with E-state index in [0.29, 0.717) is 24.8 Å². The first-order valence-electron chi connectivity index (χ1n) is 7.85. The molecule has 0 heterocycles. The molecule has 0 aliphatic carbocycles. The third-order valence-electron chi connectivity index (χ3n) is 3.78. The van der Waals surface area contributed by atoms with Gasteiger partial charge in [-0.15, -0.1) is 0 Å². The van der Waals surface area contributed by atoms with Gasteiger partial charge in [-0.1, -0.05) is 26.3 Å². The number of nitrogens with one attached hydrogen (secondary N) is 1. The smallest absolute Gasteiger partial charge is 0.146 e. The predicted octanol–water partition coefficient (Wildman–Crippen LogP) is 3.43. The first kappa shape index (κ1) is 17.9. The summed E-state index contributed by atoms with van der Waals surface area (Å²) in [4.78, 5) is 2.12. The minimum Gasteiger partial charge on any atom is -0.383 e. The molecule has 1 atom stereocenters. The van der Waals surface area contributed by atoms with Crippen molar-refractivity contribution in [3.05, 3.63) is 29.6 Å². The monoisotopic (exact) mass is 296 g/mol. The van der Waals surface area contributed by atoms with Crippen molar-refractivity contribution in [2.45, 2.75) is 33.7 Å². The molecule has 1 unspecified atom stereocenters. The van der Waals surface area contributed by atoms with Gasteiger partial charge in [0.2, 0.25) is 0 Å². The van der Waals surface area contributed by atoms with E-state index in [0.717, 1.165) is 31.6 Å². The fraction of sp³-hybridized carbons (Fsp3) is 0.647. The van der Waals surface area contributed by atoms with E-state index in [4.69, 9.17) is 4.74 Å². The fourth-order valence-corrected chi connectivity index (χ4v) is 2.23. The molecule has 0 fully saturated rings. The Hall–Kier alpha value is -1.13. The summed E-state index contributed by atoms with van der Waals surface area (Å²) in [6, 6.07) is 5.53. The van der Waals surface area contributed by atoms with Crippen LogP contribution in [0, 0.1) is 11.7 Å². The highest BCUT2D eigenvalue weighted by atomic mass is 19.1. The molecule has 4 heteroatoms. The fourth-order valence-electron chi connectivity index (χ4n) is 2.23. The van der Waals surface area contributed by atoms with Gasteiger partial charge in [-0.05, 0) is 30.5 Å². The summed E-state index contributed by atoms with van der Waals surface area (Å²) in [5.41, 5.74) is 1.67. The molecule has 0 radical (unpaired) electrons. The van der Waals surface area contributed by atoms with E-state index in [1.807, 2.05) is 12.1 Å². The van der Waals surface area contributed by atoms with Gasteiger partial charge >= 0.3 is 0 Å². The molecule has 0 saturated carbocycles. The molecule has 0 aliphatic heterocycles. The van der Waals surface area contributed by atoms with Crippen LogP contribution in [-0.2, 0) is 11.3 Å². The van der Waals surface area contributed by atoms with Gasteiger partial charge in [0, 0.05) is 33.3 Å². The maximum absolute atomic E-state index is 14.3. The number of hydrogen-bond acceptors (Lipinski definition) is 3. The van der Waals surface area contributed by atoms with Crippen molar-refractivity contribution in [3.63, 3.8) is 0 Å². The van der Waals surface area contributed by atoms with Gasteiger partial charge < -0.3 is 15.0 Å². The molecule has 1 aromatic rings. The molecule has 21 heavy (non-hydrogen) atoms. The largest absolute Gasteiger partial charge is 0.383 e. The van der Waals surface area contributed by atoms with Crippen LogP contribution in [-0.4, -0.2) is 33.4 Å². The highest BCUT2D eigenvalue weighted by molar-refractivity contribution is 5.49. The van der Waals surface area contributed by atoms with Crippen molar-refractivity contribution in [2.24, 2.45) is 5.92 Å². The van der Waals surface area contributed by atoms with Crippen LogP contribution in [0.15, 0.2) is 18.2 Å². The Labute approximate surface area is 128 Å². The van der Waals surface area contributed by atoms with Crippen LogP contribution in [0.1, 0.15) is 32.8 Å². The van der Waals surface area contributed by atoms with Gasteiger partial charge in [0.25, 0.3) is 0 Å². The lowest BCUT2D eigenvalue weighted by Crippen LogP contribution is -2.29. The van der Waals surface area contributed by atoms with E-state index in [-0.39, 0.29) is 5.82 Å². The van der Waals surface area contributed by atoms with Gasteiger partial charge in [-0.2, -0.15) is 0 Å². The highest BCUT2D eigenvalue weighted by Gasteiger charge is 2.13. The minimum atomic E-state index is -0.133. The quantitative estimate of drug-likeness (QED) is 0.669. The number of rotatable bonds is 10. The Morgan fingerprint density at radius 3 is 2.67 bits per heavy atom. The Bertz CT molecular complexity index is 412. The van der Waals surface area contributed by atoms with Gasteiger partial charge in [-0.3, -0.25) is 0 Å². The molecule has 1 rings (SSSR count). The van der Waals surface area contributed by atoms with Crippen molar-refractivity contribution in [3.8, 4) is 0 Å². The van der Waals surface area contributed by atoms with Crippen LogP contribution in [0.4, 0.5) is 10.1 Å². The van der Waals surface area contributed by atoms with Crippen LogP contribution in [0.2, 0.25) is 0 Å². The molecule has 0 saturated heterocycles. The van der Waals surface area contributed by atoms with E-state index in [1.165, 1.54) is 0 Å². The molecule has 1 aromatic carbocycles. The van der Waals surface area contributed by atoms with Crippen molar-refractivity contribution in [1.29, 1.82) is 0 Å². The first-order chi connectivity index (χ1) is 10.1. The molecule has 0 aliphatic rings. The second kappa shape index (κ2) is 9.74. The number of benzene rings is 1. The number of anilines is 1. The predicted molar refractivity (Wildman–Crippen MR) is 87.3 cm³/mol. The van der Waals surface area contributed by atoms with Crippen molar-refractivity contribution in [2.75, 3.05) is 38.3 Å². The van der Waals surface area contributed by atoms with Gasteiger partial charge in [0.05, 0.1) is 12.3 Å².